The Bertz CT molecular complexity index is 1000. The van der Waals surface area contributed by atoms with Crippen molar-refractivity contribution >= 4 is 0 Å². The largest absolute Gasteiger partial charge is 0.396 e. The third kappa shape index (κ3) is 3.17. The first-order valence-corrected chi connectivity index (χ1v) is 15.3. The topological polar surface area (TPSA) is 58.9 Å². The minimum Gasteiger partial charge on any atom is -0.396 e. The predicted molar refractivity (Wildman–Crippen MR) is 147 cm³/mol. The molecule has 5 aliphatic carbocycles. The Morgan fingerprint density at radius 1 is 0.811 bits per heavy atom. The molecule has 0 spiro atoms. The molecule has 5 fully saturated rings. The molecule has 1 unspecified atom stereocenters. The van der Waals surface area contributed by atoms with Gasteiger partial charge in [-0.1, -0.05) is 60.1 Å². The Labute approximate surface area is 226 Å². The molecule has 4 saturated carbocycles. The Hall–Kier alpha value is -0.420. The van der Waals surface area contributed by atoms with Crippen LogP contribution in [0.1, 0.15) is 114 Å². The first kappa shape index (κ1) is 26.8. The number of hydrogen-bond donors (Lipinski definition) is 2. The lowest BCUT2D eigenvalue weighted by molar-refractivity contribution is -0.220. The summed E-state index contributed by atoms with van der Waals surface area (Å²) in [7, 11) is 0. The van der Waals surface area contributed by atoms with E-state index in [2.05, 4.69) is 68.4 Å². The van der Waals surface area contributed by atoms with Gasteiger partial charge in [0.05, 0.1) is 24.9 Å². The van der Waals surface area contributed by atoms with Crippen LogP contribution in [0.3, 0.4) is 0 Å². The number of aliphatic hydroxyl groups excluding tert-OH is 2. The standard InChI is InChI=1S/C33H54O4/c1-27(2)18-21-20-10-11-23-30(6)14-13-24(35)31(7,19-34)22(30)12-15-33(23,9)32(20,8)17-16-29(21,5)26-25(27)36-28(3,4)37-26/h10,21-26,34-35H,11-19H2,1-9H3/t21-,22?,23-,24+,25+,26-,29-,30+,31+,32-,33-/m1/s1. The Balaban J connectivity index is 1.42. The maximum atomic E-state index is 11.0. The molecule has 0 bridgehead atoms. The summed E-state index contributed by atoms with van der Waals surface area (Å²) in [6, 6.07) is 0. The van der Waals surface area contributed by atoms with Gasteiger partial charge in [0.1, 0.15) is 0 Å². The van der Waals surface area contributed by atoms with E-state index in [-0.39, 0.29) is 51.3 Å². The second-order valence-electron chi connectivity index (χ2n) is 16.7. The second kappa shape index (κ2) is 7.65. The van der Waals surface area contributed by atoms with Gasteiger partial charge in [0, 0.05) is 10.8 Å². The molecule has 0 aromatic rings. The predicted octanol–water partition coefficient (Wildman–Crippen LogP) is 6.88. The molecular weight excluding hydrogens is 460 g/mol. The van der Waals surface area contributed by atoms with Crippen LogP contribution in [0.4, 0.5) is 0 Å². The average Bonchev–Trinajstić information content (AvgIpc) is 3.16. The highest BCUT2D eigenvalue weighted by Gasteiger charge is 2.71. The highest BCUT2D eigenvalue weighted by Crippen LogP contribution is 2.76. The molecule has 37 heavy (non-hydrogen) atoms. The Kier molecular flexibility index (Phi) is 5.54. The Morgan fingerprint density at radius 3 is 2.16 bits per heavy atom. The van der Waals surface area contributed by atoms with Gasteiger partial charge < -0.3 is 19.7 Å². The van der Waals surface area contributed by atoms with E-state index in [9.17, 15) is 10.2 Å². The number of rotatable bonds is 1. The van der Waals surface area contributed by atoms with Gasteiger partial charge in [-0.2, -0.15) is 0 Å². The molecule has 0 amide bonds. The van der Waals surface area contributed by atoms with Crippen molar-refractivity contribution in [2.45, 2.75) is 138 Å². The molecule has 0 aromatic heterocycles. The lowest BCUT2D eigenvalue weighted by Crippen LogP contribution is -2.67. The maximum absolute atomic E-state index is 11.0. The summed E-state index contributed by atoms with van der Waals surface area (Å²) in [5.74, 6) is 0.977. The third-order valence-corrected chi connectivity index (χ3v) is 14.2. The van der Waals surface area contributed by atoms with Crippen molar-refractivity contribution in [2.75, 3.05) is 6.61 Å². The fourth-order valence-electron chi connectivity index (χ4n) is 11.7. The van der Waals surface area contributed by atoms with E-state index in [1.54, 1.807) is 5.57 Å². The van der Waals surface area contributed by atoms with Crippen LogP contribution in [0.15, 0.2) is 11.6 Å². The van der Waals surface area contributed by atoms with Gasteiger partial charge in [-0.05, 0) is 105 Å². The molecule has 4 nitrogen and oxygen atoms in total. The summed E-state index contributed by atoms with van der Waals surface area (Å²) in [6.45, 7) is 21.5. The van der Waals surface area contributed by atoms with E-state index in [4.69, 9.17) is 9.47 Å². The van der Waals surface area contributed by atoms with Crippen LogP contribution in [0.5, 0.6) is 0 Å². The molecule has 4 heteroatoms. The van der Waals surface area contributed by atoms with Crippen LogP contribution in [-0.2, 0) is 9.47 Å². The van der Waals surface area contributed by atoms with Crippen LogP contribution in [0.25, 0.3) is 0 Å². The third-order valence-electron chi connectivity index (χ3n) is 14.2. The summed E-state index contributed by atoms with van der Waals surface area (Å²) < 4.78 is 13.3. The first-order valence-electron chi connectivity index (χ1n) is 15.3. The molecule has 0 aromatic carbocycles. The van der Waals surface area contributed by atoms with Gasteiger partial charge in [-0.3, -0.25) is 0 Å². The number of hydrogen-bond acceptors (Lipinski definition) is 4. The lowest BCUT2D eigenvalue weighted by Gasteiger charge is -2.71. The zero-order valence-corrected chi connectivity index (χ0v) is 25.1. The van der Waals surface area contributed by atoms with Crippen molar-refractivity contribution in [3.63, 3.8) is 0 Å². The summed E-state index contributed by atoms with van der Waals surface area (Å²) in [5.41, 5.74) is 2.08. The molecule has 6 aliphatic rings. The van der Waals surface area contributed by atoms with Crippen molar-refractivity contribution in [1.29, 1.82) is 0 Å². The molecule has 210 valence electrons. The van der Waals surface area contributed by atoms with Gasteiger partial charge in [0.25, 0.3) is 0 Å². The number of ether oxygens (including phenoxy) is 2. The highest BCUT2D eigenvalue weighted by atomic mass is 16.8. The molecule has 1 heterocycles. The first-order chi connectivity index (χ1) is 17.0. The molecular formula is C33H54O4. The summed E-state index contributed by atoms with van der Waals surface area (Å²) in [4.78, 5) is 0. The summed E-state index contributed by atoms with van der Waals surface area (Å²) in [5, 5.41) is 21.5. The van der Waals surface area contributed by atoms with Crippen LogP contribution in [0.2, 0.25) is 0 Å². The zero-order chi connectivity index (χ0) is 27.0. The fourth-order valence-corrected chi connectivity index (χ4v) is 11.7. The van der Waals surface area contributed by atoms with Gasteiger partial charge in [-0.15, -0.1) is 0 Å². The smallest absolute Gasteiger partial charge is 0.163 e. The minimum atomic E-state index is -0.513. The van der Waals surface area contributed by atoms with Crippen molar-refractivity contribution in [3.05, 3.63) is 11.6 Å². The molecule has 1 aliphatic heterocycles. The second-order valence-corrected chi connectivity index (χ2v) is 16.7. The normalized spacial score (nSPS) is 57.8. The SMILES string of the molecule is CC1(C)O[C@@H]2[C@H](O1)C(C)(C)C[C@@H]1C3=CC[C@@H]4[C@@]5(C)CC[C@H](O)[C@@](C)(CO)C5CC[C@@]4(C)[C@]3(C)CC[C@]12C. The monoisotopic (exact) mass is 514 g/mol. The van der Waals surface area contributed by atoms with Gasteiger partial charge in [0.15, 0.2) is 5.79 Å². The zero-order valence-electron chi connectivity index (χ0n) is 25.1. The van der Waals surface area contributed by atoms with Crippen LogP contribution >= 0.6 is 0 Å². The van der Waals surface area contributed by atoms with Crippen molar-refractivity contribution < 1.29 is 19.7 Å². The van der Waals surface area contributed by atoms with E-state index in [0.29, 0.717) is 17.8 Å². The highest BCUT2D eigenvalue weighted by molar-refractivity contribution is 5.35. The number of fused-ring (bicyclic) bond motifs is 9. The van der Waals surface area contributed by atoms with Gasteiger partial charge in [-0.25, -0.2) is 0 Å². The number of aliphatic hydroxyl groups is 2. The molecule has 1 saturated heterocycles. The quantitative estimate of drug-likeness (QED) is 0.375. The molecule has 0 radical (unpaired) electrons. The molecule has 6 rings (SSSR count). The van der Waals surface area contributed by atoms with Crippen LogP contribution in [-0.4, -0.2) is 40.9 Å². The van der Waals surface area contributed by atoms with Crippen molar-refractivity contribution in [1.82, 2.24) is 0 Å². The van der Waals surface area contributed by atoms with Crippen molar-refractivity contribution in [2.24, 2.45) is 50.2 Å². The Morgan fingerprint density at radius 2 is 1.49 bits per heavy atom. The maximum Gasteiger partial charge on any atom is 0.163 e. The molecule has 2 N–H and O–H groups in total. The average molecular weight is 515 g/mol. The van der Waals surface area contributed by atoms with E-state index in [0.717, 1.165) is 25.7 Å². The van der Waals surface area contributed by atoms with Crippen LogP contribution in [0, 0.1) is 50.2 Å². The lowest BCUT2D eigenvalue weighted by atomic mass is 9.33. The van der Waals surface area contributed by atoms with Crippen molar-refractivity contribution in [3.8, 4) is 0 Å². The van der Waals surface area contributed by atoms with Gasteiger partial charge >= 0.3 is 0 Å². The minimum absolute atomic E-state index is 0.0749. The van der Waals surface area contributed by atoms with E-state index in [1.165, 1.54) is 25.7 Å². The molecule has 11 atom stereocenters. The fraction of sp³-hybridized carbons (Fsp3) is 0.939. The van der Waals surface area contributed by atoms with Crippen LogP contribution < -0.4 is 0 Å². The number of allylic oxidation sites excluding steroid dienone is 2. The van der Waals surface area contributed by atoms with Gasteiger partial charge in [0.2, 0.25) is 0 Å². The van der Waals surface area contributed by atoms with E-state index in [1.807, 2.05) is 0 Å². The van der Waals surface area contributed by atoms with E-state index < -0.39 is 11.9 Å². The summed E-state index contributed by atoms with van der Waals surface area (Å²) in [6.07, 6.45) is 11.5. The summed E-state index contributed by atoms with van der Waals surface area (Å²) >= 11 is 0. The van der Waals surface area contributed by atoms with E-state index >= 15 is 0 Å².